The molecule has 0 aromatic heterocycles. The van der Waals surface area contributed by atoms with Crippen molar-refractivity contribution in [2.24, 2.45) is 0 Å². The van der Waals surface area contributed by atoms with Crippen LogP contribution in [0.5, 0.6) is 0 Å². The Labute approximate surface area is 130 Å². The summed E-state index contributed by atoms with van der Waals surface area (Å²) in [4.78, 5) is 14.3. The van der Waals surface area contributed by atoms with Crippen molar-refractivity contribution in [2.45, 2.75) is 32.1 Å². The van der Waals surface area contributed by atoms with Gasteiger partial charge in [-0.05, 0) is 44.1 Å². The Bertz CT molecular complexity index is 531. The van der Waals surface area contributed by atoms with Crippen molar-refractivity contribution in [2.75, 3.05) is 25.0 Å². The Morgan fingerprint density at radius 1 is 1.24 bits per heavy atom. The zero-order valence-electron chi connectivity index (χ0n) is 12.1. The molecule has 0 bridgehead atoms. The van der Waals surface area contributed by atoms with Crippen molar-refractivity contribution in [3.63, 3.8) is 0 Å². The van der Waals surface area contributed by atoms with Crippen LogP contribution in [0.2, 0.25) is 5.02 Å². The molecule has 1 saturated heterocycles. The minimum absolute atomic E-state index is 0.0312. The summed E-state index contributed by atoms with van der Waals surface area (Å²) in [6, 6.07) is 6.94. The number of hydrogen-bond acceptors (Lipinski definition) is 3. The molecular weight excluding hydrogens is 286 g/mol. The second-order valence-corrected chi connectivity index (χ2v) is 5.81. The van der Waals surface area contributed by atoms with Crippen molar-refractivity contribution in [1.82, 2.24) is 4.90 Å². The molecule has 0 aliphatic carbocycles. The fourth-order valence-corrected chi connectivity index (χ4v) is 2.78. The summed E-state index contributed by atoms with van der Waals surface area (Å²) in [5, 5.41) is 12.0. The van der Waals surface area contributed by atoms with E-state index in [1.54, 1.807) is 18.2 Å². The highest BCUT2D eigenvalue weighted by molar-refractivity contribution is 6.32. The second-order valence-electron chi connectivity index (χ2n) is 5.40. The number of carbonyl (C=O) groups is 1. The van der Waals surface area contributed by atoms with E-state index in [1.165, 1.54) is 19.3 Å². The quantitative estimate of drug-likeness (QED) is 0.931. The molecular formula is C16H20ClN3O. The molecule has 0 unspecified atom stereocenters. The number of hydrogen-bond donors (Lipinski definition) is 1. The van der Waals surface area contributed by atoms with Crippen molar-refractivity contribution in [3.8, 4) is 6.07 Å². The topological polar surface area (TPSA) is 56.1 Å². The highest BCUT2D eigenvalue weighted by atomic mass is 35.5. The fourth-order valence-electron chi connectivity index (χ4n) is 2.56. The molecule has 1 amide bonds. The molecule has 1 heterocycles. The number of anilines is 1. The van der Waals surface area contributed by atoms with Crippen LogP contribution in [0.25, 0.3) is 0 Å². The van der Waals surface area contributed by atoms with Crippen LogP contribution < -0.4 is 5.32 Å². The minimum atomic E-state index is -0.0312. The van der Waals surface area contributed by atoms with Crippen LogP contribution in [0.3, 0.4) is 0 Å². The largest absolute Gasteiger partial charge is 0.325 e. The Morgan fingerprint density at radius 2 is 1.90 bits per heavy atom. The average molecular weight is 306 g/mol. The lowest BCUT2D eigenvalue weighted by Crippen LogP contribution is -2.35. The molecule has 0 saturated carbocycles. The first-order valence-corrected chi connectivity index (χ1v) is 7.78. The third kappa shape index (κ3) is 5.04. The zero-order chi connectivity index (χ0) is 15.1. The van der Waals surface area contributed by atoms with Crippen molar-refractivity contribution in [3.05, 3.63) is 28.8 Å². The maximum atomic E-state index is 12.1. The van der Waals surface area contributed by atoms with E-state index >= 15 is 0 Å². The number of nitriles is 1. The fraction of sp³-hybridized carbons (Fsp3) is 0.500. The molecule has 0 spiro atoms. The number of rotatable bonds is 3. The number of nitrogens with zero attached hydrogens (tertiary/aromatic N) is 2. The van der Waals surface area contributed by atoms with Gasteiger partial charge in [0.2, 0.25) is 5.91 Å². The van der Waals surface area contributed by atoms with Gasteiger partial charge < -0.3 is 5.32 Å². The predicted molar refractivity (Wildman–Crippen MR) is 84.3 cm³/mol. The standard InChI is InChI=1S/C16H20ClN3O/c17-15-10-14(7-6-13(15)11-18)19-16(21)12-20-8-4-2-1-3-5-9-20/h6-7,10H,1-5,8-9,12H2,(H,19,21). The third-order valence-electron chi connectivity index (χ3n) is 3.69. The van der Waals surface area contributed by atoms with Gasteiger partial charge in [0.15, 0.2) is 0 Å². The van der Waals surface area contributed by atoms with Crippen LogP contribution >= 0.6 is 11.6 Å². The average Bonchev–Trinajstić information content (AvgIpc) is 2.42. The Morgan fingerprint density at radius 3 is 2.52 bits per heavy atom. The highest BCUT2D eigenvalue weighted by Crippen LogP contribution is 2.20. The first kappa shape index (κ1) is 15.8. The van der Waals surface area contributed by atoms with E-state index in [0.29, 0.717) is 22.8 Å². The van der Waals surface area contributed by atoms with Gasteiger partial charge in [0.1, 0.15) is 6.07 Å². The summed E-state index contributed by atoms with van der Waals surface area (Å²) >= 11 is 5.96. The molecule has 2 rings (SSSR count). The molecule has 0 atom stereocenters. The van der Waals surface area contributed by atoms with Crippen molar-refractivity contribution < 1.29 is 4.79 Å². The van der Waals surface area contributed by atoms with Crippen molar-refractivity contribution in [1.29, 1.82) is 5.26 Å². The molecule has 1 fully saturated rings. The van der Waals surface area contributed by atoms with Gasteiger partial charge in [0.05, 0.1) is 17.1 Å². The van der Waals surface area contributed by atoms with Crippen LogP contribution in [-0.4, -0.2) is 30.4 Å². The van der Waals surface area contributed by atoms with E-state index in [4.69, 9.17) is 16.9 Å². The highest BCUT2D eigenvalue weighted by Gasteiger charge is 2.12. The lowest BCUT2D eigenvalue weighted by atomic mass is 10.1. The van der Waals surface area contributed by atoms with E-state index in [2.05, 4.69) is 10.2 Å². The van der Waals surface area contributed by atoms with E-state index in [-0.39, 0.29) is 5.91 Å². The van der Waals surface area contributed by atoms with Gasteiger partial charge in [0.25, 0.3) is 0 Å². The van der Waals surface area contributed by atoms with Crippen LogP contribution in [0.1, 0.15) is 37.7 Å². The van der Waals surface area contributed by atoms with E-state index in [1.807, 2.05) is 6.07 Å². The van der Waals surface area contributed by atoms with Crippen LogP contribution in [-0.2, 0) is 4.79 Å². The van der Waals surface area contributed by atoms with E-state index in [9.17, 15) is 4.79 Å². The van der Waals surface area contributed by atoms with Gasteiger partial charge in [0, 0.05) is 5.69 Å². The zero-order valence-corrected chi connectivity index (χ0v) is 12.8. The van der Waals surface area contributed by atoms with Crippen LogP contribution in [0.15, 0.2) is 18.2 Å². The normalized spacial score (nSPS) is 16.6. The summed E-state index contributed by atoms with van der Waals surface area (Å²) in [6.45, 7) is 2.39. The van der Waals surface area contributed by atoms with Gasteiger partial charge in [-0.2, -0.15) is 5.26 Å². The lowest BCUT2D eigenvalue weighted by Gasteiger charge is -2.23. The summed E-state index contributed by atoms with van der Waals surface area (Å²) < 4.78 is 0. The molecule has 1 aliphatic heterocycles. The molecule has 1 aromatic carbocycles. The third-order valence-corrected chi connectivity index (χ3v) is 4.00. The summed E-state index contributed by atoms with van der Waals surface area (Å²) in [6.07, 6.45) is 6.14. The number of amides is 1. The maximum absolute atomic E-state index is 12.1. The van der Waals surface area contributed by atoms with Gasteiger partial charge >= 0.3 is 0 Å². The summed E-state index contributed by atoms with van der Waals surface area (Å²) in [5.41, 5.74) is 1.05. The number of carbonyl (C=O) groups excluding carboxylic acids is 1. The number of nitrogens with one attached hydrogen (secondary N) is 1. The van der Waals surface area contributed by atoms with Gasteiger partial charge in [-0.15, -0.1) is 0 Å². The van der Waals surface area contributed by atoms with E-state index in [0.717, 1.165) is 25.9 Å². The van der Waals surface area contributed by atoms with Crippen LogP contribution in [0.4, 0.5) is 5.69 Å². The SMILES string of the molecule is N#Cc1ccc(NC(=O)CN2CCCCCCC2)cc1Cl. The molecule has 1 N–H and O–H groups in total. The Hall–Kier alpha value is -1.57. The Kier molecular flexibility index (Phi) is 6.04. The molecule has 1 aliphatic rings. The number of benzene rings is 1. The molecule has 5 heteroatoms. The van der Waals surface area contributed by atoms with E-state index < -0.39 is 0 Å². The summed E-state index contributed by atoms with van der Waals surface area (Å²) in [7, 11) is 0. The molecule has 4 nitrogen and oxygen atoms in total. The minimum Gasteiger partial charge on any atom is -0.325 e. The van der Waals surface area contributed by atoms with Gasteiger partial charge in [-0.3, -0.25) is 9.69 Å². The molecule has 112 valence electrons. The number of halogens is 1. The van der Waals surface area contributed by atoms with Crippen LogP contribution in [0, 0.1) is 11.3 Å². The van der Waals surface area contributed by atoms with Gasteiger partial charge in [-0.25, -0.2) is 0 Å². The second kappa shape index (κ2) is 8.02. The lowest BCUT2D eigenvalue weighted by molar-refractivity contribution is -0.117. The van der Waals surface area contributed by atoms with Crippen molar-refractivity contribution >= 4 is 23.2 Å². The summed E-state index contributed by atoms with van der Waals surface area (Å²) in [5.74, 6) is -0.0312. The first-order chi connectivity index (χ1) is 10.2. The molecule has 1 aromatic rings. The Balaban J connectivity index is 1.88. The first-order valence-electron chi connectivity index (χ1n) is 7.41. The predicted octanol–water partition coefficient (Wildman–Crippen LogP) is 3.42. The number of likely N-dealkylation sites (tertiary alicyclic amines) is 1. The molecule has 0 radical (unpaired) electrons. The van der Waals surface area contributed by atoms with Gasteiger partial charge in [-0.1, -0.05) is 30.9 Å². The maximum Gasteiger partial charge on any atom is 0.238 e. The molecule has 21 heavy (non-hydrogen) atoms. The smallest absolute Gasteiger partial charge is 0.238 e. The monoisotopic (exact) mass is 305 g/mol.